The standard InChI is InChI=1S/C26H30O14/c1-36-20(30)10-16-15(8-9-37-19(29)7-4-13-2-5-14(28)6-3-13)25(38-12-17(16)24(34)35)40-26-23(33)22(32)21(31)18(11-27)39-26/h2-8,12,16,18,21-23,25-28,31-33H,9-11H2,1H3,(H,34,35)/b7-4+,15-8+/t16-,18?,21?,22?,23?,25?,26?/m0/s1. The van der Waals surface area contributed by atoms with Crippen LogP contribution in [-0.2, 0) is 38.1 Å². The number of carboxylic acid groups (broad SMARTS) is 1. The van der Waals surface area contributed by atoms with Gasteiger partial charge in [0.1, 0.15) is 36.8 Å². The highest BCUT2D eigenvalue weighted by molar-refractivity contribution is 5.89. The van der Waals surface area contributed by atoms with E-state index < -0.39 is 80.5 Å². The first-order chi connectivity index (χ1) is 19.0. The second kappa shape index (κ2) is 14.0. The van der Waals surface area contributed by atoms with E-state index in [2.05, 4.69) is 4.74 Å². The number of esters is 2. The number of aromatic hydroxyl groups is 1. The van der Waals surface area contributed by atoms with Gasteiger partial charge in [-0.15, -0.1) is 0 Å². The van der Waals surface area contributed by atoms with Gasteiger partial charge in [-0.1, -0.05) is 12.1 Å². The van der Waals surface area contributed by atoms with Crippen LogP contribution in [0.4, 0.5) is 0 Å². The van der Waals surface area contributed by atoms with Crippen molar-refractivity contribution in [2.75, 3.05) is 20.3 Å². The van der Waals surface area contributed by atoms with Crippen molar-refractivity contribution in [1.82, 2.24) is 0 Å². The molecule has 40 heavy (non-hydrogen) atoms. The van der Waals surface area contributed by atoms with Crippen molar-refractivity contribution in [2.45, 2.75) is 43.4 Å². The van der Waals surface area contributed by atoms with Crippen LogP contribution in [0.2, 0.25) is 0 Å². The fourth-order valence-corrected chi connectivity index (χ4v) is 3.99. The van der Waals surface area contributed by atoms with Crippen LogP contribution in [-0.4, -0.2) is 106 Å². The van der Waals surface area contributed by atoms with Crippen LogP contribution >= 0.6 is 0 Å². The number of ether oxygens (including phenoxy) is 5. The number of rotatable bonds is 10. The lowest BCUT2D eigenvalue weighted by Crippen LogP contribution is -2.60. The Morgan fingerprint density at radius 2 is 1.75 bits per heavy atom. The van der Waals surface area contributed by atoms with Gasteiger partial charge in [-0.3, -0.25) is 4.79 Å². The Labute approximate surface area is 227 Å². The Morgan fingerprint density at radius 1 is 1.05 bits per heavy atom. The molecule has 0 bridgehead atoms. The van der Waals surface area contributed by atoms with E-state index in [0.717, 1.165) is 19.4 Å². The van der Waals surface area contributed by atoms with Crippen LogP contribution < -0.4 is 0 Å². The molecule has 3 rings (SSSR count). The summed E-state index contributed by atoms with van der Waals surface area (Å²) in [5, 5.41) is 58.9. The maximum atomic E-state index is 12.2. The number of phenolic OH excluding ortho intramolecular Hbond substituents is 1. The van der Waals surface area contributed by atoms with Crippen LogP contribution in [0.3, 0.4) is 0 Å². The number of benzene rings is 1. The Balaban J connectivity index is 1.83. The first-order valence-corrected chi connectivity index (χ1v) is 12.0. The van der Waals surface area contributed by atoms with Crippen molar-refractivity contribution in [3.8, 4) is 5.75 Å². The van der Waals surface area contributed by atoms with Crippen LogP contribution in [0.15, 0.2) is 53.8 Å². The van der Waals surface area contributed by atoms with E-state index in [1.54, 1.807) is 12.1 Å². The monoisotopic (exact) mass is 566 g/mol. The molecule has 14 heteroatoms. The van der Waals surface area contributed by atoms with E-state index in [1.165, 1.54) is 24.3 Å². The predicted octanol–water partition coefficient (Wildman–Crippen LogP) is -0.804. The Hall–Kier alpha value is -3.79. The topological polar surface area (TPSA) is 219 Å². The molecule has 218 valence electrons. The molecule has 0 aromatic heterocycles. The summed E-state index contributed by atoms with van der Waals surface area (Å²) in [7, 11) is 1.11. The van der Waals surface area contributed by atoms with Gasteiger partial charge >= 0.3 is 17.9 Å². The average molecular weight is 567 g/mol. The van der Waals surface area contributed by atoms with Gasteiger partial charge in [0.15, 0.2) is 6.29 Å². The maximum absolute atomic E-state index is 12.2. The van der Waals surface area contributed by atoms with Gasteiger partial charge in [-0.2, -0.15) is 0 Å². The molecular formula is C26H30O14. The minimum absolute atomic E-state index is 0.00225. The summed E-state index contributed by atoms with van der Waals surface area (Å²) in [6.45, 7) is -1.14. The average Bonchev–Trinajstić information content (AvgIpc) is 2.93. The Morgan fingerprint density at radius 3 is 2.38 bits per heavy atom. The quantitative estimate of drug-likeness (QED) is 0.116. The highest BCUT2D eigenvalue weighted by atomic mass is 16.8. The number of carboxylic acids is 1. The summed E-state index contributed by atoms with van der Waals surface area (Å²) in [6, 6.07) is 6.00. The number of carbonyl (C=O) groups excluding carboxylic acids is 2. The molecule has 0 aliphatic carbocycles. The largest absolute Gasteiger partial charge is 0.508 e. The van der Waals surface area contributed by atoms with Crippen molar-refractivity contribution < 1.29 is 68.7 Å². The molecule has 2 aliphatic heterocycles. The summed E-state index contributed by atoms with van der Waals surface area (Å²) in [4.78, 5) is 36.2. The van der Waals surface area contributed by atoms with Crippen LogP contribution in [0, 0.1) is 5.92 Å². The number of aliphatic hydroxyl groups excluding tert-OH is 4. The number of carbonyl (C=O) groups is 3. The van der Waals surface area contributed by atoms with Crippen molar-refractivity contribution in [3.05, 3.63) is 59.4 Å². The van der Waals surface area contributed by atoms with Crippen molar-refractivity contribution in [1.29, 1.82) is 0 Å². The van der Waals surface area contributed by atoms with Gasteiger partial charge in [0.25, 0.3) is 0 Å². The van der Waals surface area contributed by atoms with E-state index in [0.29, 0.717) is 5.56 Å². The lowest BCUT2D eigenvalue weighted by molar-refractivity contribution is -0.327. The van der Waals surface area contributed by atoms with E-state index >= 15 is 0 Å². The van der Waals surface area contributed by atoms with Crippen LogP contribution in [0.25, 0.3) is 6.08 Å². The fraction of sp³-hybridized carbons (Fsp3) is 0.423. The third-order valence-electron chi connectivity index (χ3n) is 6.17. The normalized spacial score (nSPS) is 29.5. The molecule has 6 N–H and O–H groups in total. The number of aliphatic hydroxyl groups is 4. The smallest absolute Gasteiger partial charge is 0.335 e. The van der Waals surface area contributed by atoms with E-state index in [1.807, 2.05) is 0 Å². The zero-order valence-electron chi connectivity index (χ0n) is 21.2. The molecule has 1 aromatic carbocycles. The molecule has 2 heterocycles. The lowest BCUT2D eigenvalue weighted by atomic mass is 9.86. The van der Waals surface area contributed by atoms with Gasteiger partial charge in [0, 0.05) is 17.6 Å². The summed E-state index contributed by atoms with van der Waals surface area (Å²) in [6.07, 6.45) is -5.47. The molecule has 0 amide bonds. The zero-order valence-corrected chi connectivity index (χ0v) is 21.2. The molecule has 0 saturated carbocycles. The maximum Gasteiger partial charge on any atom is 0.335 e. The Bertz CT molecular complexity index is 1140. The highest BCUT2D eigenvalue weighted by Crippen LogP contribution is 2.36. The van der Waals surface area contributed by atoms with Crippen LogP contribution in [0.1, 0.15) is 12.0 Å². The molecule has 1 saturated heterocycles. The van der Waals surface area contributed by atoms with Crippen molar-refractivity contribution >= 4 is 24.0 Å². The second-order valence-electron chi connectivity index (χ2n) is 8.77. The molecule has 1 aromatic rings. The molecule has 0 radical (unpaired) electrons. The molecular weight excluding hydrogens is 536 g/mol. The summed E-state index contributed by atoms with van der Waals surface area (Å²) >= 11 is 0. The highest BCUT2D eigenvalue weighted by Gasteiger charge is 2.46. The summed E-state index contributed by atoms with van der Waals surface area (Å²) in [5.74, 6) is -4.09. The lowest BCUT2D eigenvalue weighted by Gasteiger charge is -2.41. The summed E-state index contributed by atoms with van der Waals surface area (Å²) < 4.78 is 26.2. The number of aliphatic carboxylic acids is 1. The molecule has 0 spiro atoms. The third-order valence-corrected chi connectivity index (χ3v) is 6.17. The molecule has 7 atom stereocenters. The van der Waals surface area contributed by atoms with Crippen LogP contribution in [0.5, 0.6) is 5.75 Å². The SMILES string of the molecule is COC(=O)C[C@@H]1C(C(=O)O)=COC(OC2OC(CO)C(O)C(O)C2O)/C1=C/COC(=O)/C=C/c1ccc(O)cc1. The molecule has 1 fully saturated rings. The van der Waals surface area contributed by atoms with Gasteiger partial charge in [0.05, 0.1) is 32.0 Å². The third kappa shape index (κ3) is 7.65. The van der Waals surface area contributed by atoms with Gasteiger partial charge in [-0.05, 0) is 29.8 Å². The molecule has 6 unspecified atom stereocenters. The molecule has 2 aliphatic rings. The number of hydrogen-bond donors (Lipinski definition) is 6. The van der Waals surface area contributed by atoms with Crippen molar-refractivity contribution in [2.24, 2.45) is 5.92 Å². The van der Waals surface area contributed by atoms with Crippen molar-refractivity contribution in [3.63, 3.8) is 0 Å². The van der Waals surface area contributed by atoms with E-state index in [9.17, 15) is 45.0 Å². The number of phenols is 1. The fourth-order valence-electron chi connectivity index (χ4n) is 3.99. The first-order valence-electron chi connectivity index (χ1n) is 12.0. The first kappa shape index (κ1) is 30.7. The Kier molecular flexibility index (Phi) is 10.8. The van der Waals surface area contributed by atoms with E-state index in [4.69, 9.17) is 18.9 Å². The zero-order chi connectivity index (χ0) is 29.4. The predicted molar refractivity (Wildman–Crippen MR) is 132 cm³/mol. The minimum atomic E-state index is -1.80. The summed E-state index contributed by atoms with van der Waals surface area (Å²) in [5.41, 5.74) is 0.262. The van der Waals surface area contributed by atoms with Gasteiger partial charge in [0.2, 0.25) is 6.29 Å². The van der Waals surface area contributed by atoms with E-state index in [-0.39, 0.29) is 16.9 Å². The number of hydrogen-bond acceptors (Lipinski definition) is 13. The number of methoxy groups -OCH3 is 1. The van der Waals surface area contributed by atoms with Gasteiger partial charge < -0.3 is 54.3 Å². The van der Waals surface area contributed by atoms with Gasteiger partial charge in [-0.25, -0.2) is 9.59 Å². The minimum Gasteiger partial charge on any atom is -0.508 e. The molecule has 14 nitrogen and oxygen atoms in total. The second-order valence-corrected chi connectivity index (χ2v) is 8.77.